The largest absolute Gasteiger partial charge is 0.496 e. The molecular weight excluding hydrogens is 468 g/mol. The molecule has 1 aromatic carbocycles. The lowest BCUT2D eigenvalue weighted by Gasteiger charge is -2.46. The monoisotopic (exact) mass is 506 g/mol. The number of fused-ring (bicyclic) bond motifs is 1. The summed E-state index contributed by atoms with van der Waals surface area (Å²) in [6.45, 7) is 6.97. The van der Waals surface area contributed by atoms with E-state index in [-0.39, 0.29) is 18.0 Å². The van der Waals surface area contributed by atoms with Gasteiger partial charge in [0.1, 0.15) is 5.75 Å². The molecule has 8 heteroatoms. The lowest BCUT2D eigenvalue weighted by Crippen LogP contribution is -2.56. The highest BCUT2D eigenvalue weighted by atomic mass is 16.5. The summed E-state index contributed by atoms with van der Waals surface area (Å²) in [7, 11) is 3.33. The second kappa shape index (κ2) is 10.7. The molecule has 2 N–H and O–H groups in total. The van der Waals surface area contributed by atoms with Crippen LogP contribution in [0.25, 0.3) is 10.9 Å². The van der Waals surface area contributed by atoms with Crippen molar-refractivity contribution in [2.24, 2.45) is 5.92 Å². The molecule has 0 bridgehead atoms. The van der Waals surface area contributed by atoms with Crippen LogP contribution in [0.1, 0.15) is 53.0 Å². The van der Waals surface area contributed by atoms with Gasteiger partial charge in [0.2, 0.25) is 0 Å². The van der Waals surface area contributed by atoms with E-state index in [0.717, 1.165) is 36.2 Å². The van der Waals surface area contributed by atoms with Crippen LogP contribution in [0.2, 0.25) is 0 Å². The van der Waals surface area contributed by atoms with Crippen molar-refractivity contribution >= 4 is 16.8 Å². The van der Waals surface area contributed by atoms with Gasteiger partial charge in [0, 0.05) is 55.1 Å². The van der Waals surface area contributed by atoms with Crippen molar-refractivity contribution in [3.05, 3.63) is 63.2 Å². The summed E-state index contributed by atoms with van der Waals surface area (Å²) in [5.74, 6) is 0.896. The number of carbonyl (C=O) groups excluding carboxylic acids is 1. The number of para-hydroxylation sites is 1. The summed E-state index contributed by atoms with van der Waals surface area (Å²) in [4.78, 5) is 31.3. The molecule has 3 heterocycles. The first-order valence-electron chi connectivity index (χ1n) is 13.3. The quantitative estimate of drug-likeness (QED) is 0.486. The van der Waals surface area contributed by atoms with Crippen molar-refractivity contribution in [1.29, 1.82) is 0 Å². The molecule has 198 valence electrons. The van der Waals surface area contributed by atoms with Crippen LogP contribution in [0, 0.1) is 19.8 Å². The van der Waals surface area contributed by atoms with Crippen LogP contribution < -0.4 is 15.6 Å². The topological polar surface area (TPSA) is 88.6 Å². The van der Waals surface area contributed by atoms with E-state index in [1.807, 2.05) is 25.1 Å². The van der Waals surface area contributed by atoms with Crippen molar-refractivity contribution in [3.63, 3.8) is 0 Å². The number of aromatic amines is 1. The number of aromatic nitrogens is 2. The third-order valence-corrected chi connectivity index (χ3v) is 8.32. The van der Waals surface area contributed by atoms with Crippen LogP contribution in [0.5, 0.6) is 5.75 Å². The predicted octanol–water partition coefficient (Wildman–Crippen LogP) is 3.77. The summed E-state index contributed by atoms with van der Waals surface area (Å²) in [5.41, 5.74) is 3.62. The fraction of sp³-hybridized carbons (Fsp3) is 0.517. The van der Waals surface area contributed by atoms with Gasteiger partial charge in [-0.1, -0.05) is 18.2 Å². The average molecular weight is 507 g/mol. The number of nitrogens with zero attached hydrogens (tertiary/aromatic N) is 2. The standard InChI is InChI=1S/C29H38N4O4/c1-18-13-26(37-4)24(28(34)31-18)14-30-29(35)27-19(2)33(25-8-6-5-7-23(25)27)15-20-9-11-21(12-10-20)32-16-22(17-32)36-3/h5-8,13,20-22H,9-12,14-17H2,1-4H3,(H,30,35)(H,31,34). The van der Waals surface area contributed by atoms with Gasteiger partial charge in [-0.15, -0.1) is 0 Å². The van der Waals surface area contributed by atoms with Crippen molar-refractivity contribution in [1.82, 2.24) is 19.8 Å². The van der Waals surface area contributed by atoms with Crippen molar-refractivity contribution < 1.29 is 14.3 Å². The van der Waals surface area contributed by atoms with E-state index < -0.39 is 0 Å². The Labute approximate surface area is 217 Å². The number of likely N-dealkylation sites (tertiary alicyclic amines) is 1. The normalized spacial score (nSPS) is 20.6. The Morgan fingerprint density at radius 2 is 1.84 bits per heavy atom. The lowest BCUT2D eigenvalue weighted by molar-refractivity contribution is -0.0598. The van der Waals surface area contributed by atoms with Gasteiger partial charge in [0.15, 0.2) is 0 Å². The van der Waals surface area contributed by atoms with Gasteiger partial charge < -0.3 is 24.3 Å². The van der Waals surface area contributed by atoms with Gasteiger partial charge >= 0.3 is 0 Å². The minimum atomic E-state index is -0.247. The first kappa shape index (κ1) is 25.5. The number of hydrogen-bond donors (Lipinski definition) is 2. The number of nitrogens with one attached hydrogen (secondary N) is 2. The summed E-state index contributed by atoms with van der Waals surface area (Å²) < 4.78 is 13.2. The van der Waals surface area contributed by atoms with Crippen LogP contribution in [0.3, 0.4) is 0 Å². The van der Waals surface area contributed by atoms with Crippen LogP contribution in [0.4, 0.5) is 0 Å². The Morgan fingerprint density at radius 3 is 2.54 bits per heavy atom. The second-order valence-electron chi connectivity index (χ2n) is 10.6. The molecular formula is C29H38N4O4. The van der Waals surface area contributed by atoms with Crippen molar-refractivity contribution in [3.8, 4) is 5.75 Å². The van der Waals surface area contributed by atoms with Gasteiger partial charge in [-0.05, 0) is 57.6 Å². The zero-order valence-corrected chi connectivity index (χ0v) is 22.3. The molecule has 0 radical (unpaired) electrons. The molecule has 1 amide bonds. The molecule has 1 aliphatic carbocycles. The van der Waals surface area contributed by atoms with E-state index in [1.54, 1.807) is 20.1 Å². The highest BCUT2D eigenvalue weighted by Gasteiger charge is 2.34. The average Bonchev–Trinajstić information content (AvgIpc) is 3.14. The minimum absolute atomic E-state index is 0.0982. The zero-order chi connectivity index (χ0) is 26.1. The van der Waals surface area contributed by atoms with Crippen LogP contribution in [0.15, 0.2) is 35.1 Å². The molecule has 1 saturated heterocycles. The Kier molecular flexibility index (Phi) is 7.40. The summed E-state index contributed by atoms with van der Waals surface area (Å²) in [6.07, 6.45) is 5.24. The molecule has 0 unspecified atom stereocenters. The van der Waals surface area contributed by atoms with Gasteiger partial charge in [-0.3, -0.25) is 14.5 Å². The highest BCUT2D eigenvalue weighted by molar-refractivity contribution is 6.08. The molecule has 5 rings (SSSR count). The maximum Gasteiger partial charge on any atom is 0.256 e. The number of amides is 1. The number of H-pyrrole nitrogens is 1. The first-order chi connectivity index (χ1) is 17.9. The van der Waals surface area contributed by atoms with E-state index in [0.29, 0.717) is 40.6 Å². The molecule has 8 nitrogen and oxygen atoms in total. The minimum Gasteiger partial charge on any atom is -0.496 e. The molecule has 2 aliphatic rings. The fourth-order valence-electron chi connectivity index (χ4n) is 6.11. The van der Waals surface area contributed by atoms with E-state index in [2.05, 4.69) is 25.8 Å². The second-order valence-corrected chi connectivity index (χ2v) is 10.6. The van der Waals surface area contributed by atoms with Crippen LogP contribution in [-0.4, -0.2) is 59.8 Å². The van der Waals surface area contributed by atoms with E-state index >= 15 is 0 Å². The number of rotatable bonds is 8. The summed E-state index contributed by atoms with van der Waals surface area (Å²) >= 11 is 0. The first-order valence-corrected chi connectivity index (χ1v) is 13.3. The lowest BCUT2D eigenvalue weighted by atomic mass is 9.84. The maximum absolute atomic E-state index is 13.5. The van der Waals surface area contributed by atoms with Gasteiger partial charge in [-0.25, -0.2) is 0 Å². The molecule has 37 heavy (non-hydrogen) atoms. The fourth-order valence-corrected chi connectivity index (χ4v) is 6.11. The Bertz CT molecular complexity index is 1330. The van der Waals surface area contributed by atoms with E-state index in [1.165, 1.54) is 32.8 Å². The molecule has 1 aliphatic heterocycles. The van der Waals surface area contributed by atoms with E-state index in [4.69, 9.17) is 9.47 Å². The summed E-state index contributed by atoms with van der Waals surface area (Å²) in [5, 5.41) is 3.92. The smallest absolute Gasteiger partial charge is 0.256 e. The Balaban J connectivity index is 1.31. The SMILES string of the molecule is COc1cc(C)[nH]c(=O)c1CNC(=O)c1c(C)n(CC2CCC(N3CC(OC)C3)CC2)c2ccccc12. The van der Waals surface area contributed by atoms with Crippen molar-refractivity contribution in [2.45, 2.75) is 64.8 Å². The molecule has 0 spiro atoms. The highest BCUT2D eigenvalue weighted by Crippen LogP contribution is 2.34. The third-order valence-electron chi connectivity index (χ3n) is 8.32. The Hall–Kier alpha value is -3.10. The van der Waals surface area contributed by atoms with Crippen LogP contribution >= 0.6 is 0 Å². The predicted molar refractivity (Wildman–Crippen MR) is 144 cm³/mol. The zero-order valence-electron chi connectivity index (χ0n) is 22.3. The number of aryl methyl sites for hydroxylation is 1. The third kappa shape index (κ3) is 5.05. The molecule has 2 aromatic heterocycles. The number of benzene rings is 1. The number of hydrogen-bond acceptors (Lipinski definition) is 5. The number of pyridine rings is 1. The number of carbonyl (C=O) groups is 1. The van der Waals surface area contributed by atoms with Crippen LogP contribution in [-0.2, 0) is 17.8 Å². The van der Waals surface area contributed by atoms with Gasteiger partial charge in [0.05, 0.1) is 30.9 Å². The molecule has 1 saturated carbocycles. The molecule has 2 fully saturated rings. The maximum atomic E-state index is 13.5. The molecule has 3 aromatic rings. The van der Waals surface area contributed by atoms with Crippen molar-refractivity contribution in [2.75, 3.05) is 27.3 Å². The summed E-state index contributed by atoms with van der Waals surface area (Å²) in [6, 6.07) is 10.6. The number of ether oxygens (including phenoxy) is 2. The Morgan fingerprint density at radius 1 is 1.11 bits per heavy atom. The van der Waals surface area contributed by atoms with Gasteiger partial charge in [-0.2, -0.15) is 0 Å². The number of methoxy groups -OCH3 is 2. The molecule has 0 atom stereocenters. The van der Waals surface area contributed by atoms with E-state index in [9.17, 15) is 9.59 Å². The van der Waals surface area contributed by atoms with Gasteiger partial charge in [0.25, 0.3) is 11.5 Å².